The summed E-state index contributed by atoms with van der Waals surface area (Å²) in [4.78, 5) is 34.9. The van der Waals surface area contributed by atoms with E-state index >= 15 is 0 Å². The lowest BCUT2D eigenvalue weighted by Gasteiger charge is -2.14. The number of amides is 2. The predicted octanol–water partition coefficient (Wildman–Crippen LogP) is 3.87. The Morgan fingerprint density at radius 1 is 1.06 bits per heavy atom. The molecule has 0 aromatic heterocycles. The van der Waals surface area contributed by atoms with E-state index in [1.807, 2.05) is 6.92 Å². The van der Waals surface area contributed by atoms with Gasteiger partial charge in [-0.2, -0.15) is 0 Å². The number of rotatable bonds is 9. The largest absolute Gasteiger partial charge is 0.494 e. The topological polar surface area (TPSA) is 132 Å². The fourth-order valence-electron chi connectivity index (χ4n) is 2.73. The zero-order valence-corrected chi connectivity index (χ0v) is 18.7. The molecule has 2 aromatic rings. The summed E-state index contributed by atoms with van der Waals surface area (Å²) in [6.45, 7) is 2.01. The summed E-state index contributed by atoms with van der Waals surface area (Å²) in [5, 5.41) is 19.2. The van der Waals surface area contributed by atoms with Crippen molar-refractivity contribution in [2.75, 3.05) is 24.9 Å². The van der Waals surface area contributed by atoms with Gasteiger partial charge in [-0.15, -0.1) is 0 Å². The molecule has 0 aliphatic rings. The third-order valence-corrected chi connectivity index (χ3v) is 4.56. The first-order chi connectivity index (χ1) is 15.3. The Morgan fingerprint density at radius 3 is 2.41 bits per heavy atom. The highest BCUT2D eigenvalue weighted by Gasteiger charge is 2.19. The second-order valence-electron chi connectivity index (χ2n) is 6.62. The number of ether oxygens (including phenoxy) is 2. The number of hydrogen-bond donors (Lipinski definition) is 3. The van der Waals surface area contributed by atoms with Gasteiger partial charge in [-0.1, -0.05) is 13.3 Å². The molecule has 0 saturated carbocycles. The molecule has 32 heavy (non-hydrogen) atoms. The number of anilines is 2. The van der Waals surface area contributed by atoms with Crippen molar-refractivity contribution < 1.29 is 24.0 Å². The summed E-state index contributed by atoms with van der Waals surface area (Å²) < 4.78 is 10.2. The van der Waals surface area contributed by atoms with E-state index in [0.717, 1.165) is 18.9 Å². The molecule has 0 heterocycles. The molecular formula is C21H24N4O6S. The smallest absolute Gasteiger partial charge is 0.311 e. The first kappa shape index (κ1) is 24.5. The van der Waals surface area contributed by atoms with Crippen LogP contribution < -0.4 is 25.4 Å². The maximum atomic E-state index is 12.4. The normalized spacial score (nSPS) is 10.1. The second-order valence-corrected chi connectivity index (χ2v) is 7.03. The lowest BCUT2D eigenvalue weighted by Crippen LogP contribution is -2.34. The molecule has 0 bridgehead atoms. The number of hydrogen-bond acceptors (Lipinski definition) is 7. The molecule has 0 aliphatic heterocycles. The van der Waals surface area contributed by atoms with E-state index in [2.05, 4.69) is 16.0 Å². The van der Waals surface area contributed by atoms with Crippen LogP contribution in [0.5, 0.6) is 11.5 Å². The Balaban J connectivity index is 2.06. The van der Waals surface area contributed by atoms with Crippen LogP contribution in [0, 0.1) is 10.1 Å². The quantitative estimate of drug-likeness (QED) is 0.292. The second kappa shape index (κ2) is 11.6. The van der Waals surface area contributed by atoms with Crippen LogP contribution in [0.2, 0.25) is 0 Å². The van der Waals surface area contributed by atoms with Crippen molar-refractivity contribution in [2.24, 2.45) is 0 Å². The van der Waals surface area contributed by atoms with Crippen molar-refractivity contribution in [1.82, 2.24) is 5.32 Å². The molecule has 0 unspecified atom stereocenters. The van der Waals surface area contributed by atoms with Gasteiger partial charge in [0.05, 0.1) is 24.8 Å². The molecule has 0 fully saturated rings. The highest BCUT2D eigenvalue weighted by Crippen LogP contribution is 2.29. The molecule has 0 radical (unpaired) electrons. The number of thiocarbonyl (C=S) groups is 1. The summed E-state index contributed by atoms with van der Waals surface area (Å²) in [5.41, 5.74) is 0.740. The molecular weight excluding hydrogens is 436 g/mol. The molecule has 11 heteroatoms. The van der Waals surface area contributed by atoms with Crippen LogP contribution in [0.25, 0.3) is 0 Å². The van der Waals surface area contributed by atoms with Crippen molar-refractivity contribution in [3.8, 4) is 11.5 Å². The van der Waals surface area contributed by atoms with E-state index in [-0.39, 0.29) is 28.0 Å². The van der Waals surface area contributed by atoms with Crippen molar-refractivity contribution >= 4 is 46.2 Å². The SMILES string of the molecule is CCCCC(=O)Nc1ccc(NC(=S)NC(=O)c2ccc(OC)c([N+](=O)[O-])c2)cc1OC. The highest BCUT2D eigenvalue weighted by atomic mass is 32.1. The average molecular weight is 461 g/mol. The van der Waals surface area contributed by atoms with E-state index in [0.29, 0.717) is 23.5 Å². The number of nitrogens with zero attached hydrogens (tertiary/aromatic N) is 1. The average Bonchev–Trinajstić information content (AvgIpc) is 2.77. The minimum atomic E-state index is -0.638. The van der Waals surface area contributed by atoms with E-state index in [4.69, 9.17) is 21.7 Å². The van der Waals surface area contributed by atoms with Gasteiger partial charge < -0.3 is 20.1 Å². The number of methoxy groups -OCH3 is 2. The lowest BCUT2D eigenvalue weighted by atomic mass is 10.1. The van der Waals surface area contributed by atoms with E-state index in [1.54, 1.807) is 18.2 Å². The zero-order chi connectivity index (χ0) is 23.7. The van der Waals surface area contributed by atoms with Gasteiger partial charge in [0, 0.05) is 29.8 Å². The lowest BCUT2D eigenvalue weighted by molar-refractivity contribution is -0.385. The van der Waals surface area contributed by atoms with Crippen LogP contribution in [0.4, 0.5) is 17.1 Å². The first-order valence-electron chi connectivity index (χ1n) is 9.71. The van der Waals surface area contributed by atoms with Crippen molar-refractivity contribution in [3.63, 3.8) is 0 Å². The van der Waals surface area contributed by atoms with Crippen LogP contribution in [0.3, 0.4) is 0 Å². The number of nitrogens with one attached hydrogen (secondary N) is 3. The number of unbranched alkanes of at least 4 members (excludes halogenated alkanes) is 1. The van der Waals surface area contributed by atoms with E-state index in [9.17, 15) is 19.7 Å². The molecule has 2 amide bonds. The molecule has 0 saturated heterocycles. The van der Waals surface area contributed by atoms with E-state index < -0.39 is 10.8 Å². The number of benzene rings is 2. The number of nitro groups is 1. The summed E-state index contributed by atoms with van der Waals surface area (Å²) in [6, 6.07) is 8.77. The van der Waals surface area contributed by atoms with Gasteiger partial charge in [-0.05, 0) is 42.9 Å². The molecule has 2 rings (SSSR count). The van der Waals surface area contributed by atoms with Gasteiger partial charge in [0.15, 0.2) is 10.9 Å². The third-order valence-electron chi connectivity index (χ3n) is 4.36. The highest BCUT2D eigenvalue weighted by molar-refractivity contribution is 7.80. The van der Waals surface area contributed by atoms with Crippen LogP contribution in [-0.4, -0.2) is 36.1 Å². The Kier molecular flexibility index (Phi) is 8.90. The van der Waals surface area contributed by atoms with Gasteiger partial charge in [0.2, 0.25) is 5.91 Å². The fourth-order valence-corrected chi connectivity index (χ4v) is 2.94. The molecule has 2 aromatic carbocycles. The van der Waals surface area contributed by atoms with Crippen LogP contribution in [0.1, 0.15) is 36.5 Å². The number of carbonyl (C=O) groups excluding carboxylic acids is 2. The molecule has 10 nitrogen and oxygen atoms in total. The van der Waals surface area contributed by atoms with Crippen molar-refractivity contribution in [3.05, 3.63) is 52.1 Å². The van der Waals surface area contributed by atoms with Crippen LogP contribution >= 0.6 is 12.2 Å². The maximum Gasteiger partial charge on any atom is 0.311 e. The summed E-state index contributed by atoms with van der Waals surface area (Å²) >= 11 is 5.16. The Labute approximate surface area is 190 Å². The standard InChI is InChI=1S/C21H24N4O6S/c1-4-5-6-19(26)23-15-9-8-14(12-18(15)31-3)22-21(32)24-20(27)13-7-10-17(30-2)16(11-13)25(28)29/h7-12H,4-6H2,1-3H3,(H,23,26)(H2,22,24,27,32). The summed E-state index contributed by atoms with van der Waals surface area (Å²) in [7, 11) is 2.77. The third kappa shape index (κ3) is 6.64. The number of carbonyl (C=O) groups is 2. The maximum absolute atomic E-state index is 12.4. The molecule has 170 valence electrons. The molecule has 3 N–H and O–H groups in total. The van der Waals surface area contributed by atoms with Crippen LogP contribution in [-0.2, 0) is 4.79 Å². The Morgan fingerprint density at radius 2 is 1.78 bits per heavy atom. The van der Waals surface area contributed by atoms with Gasteiger partial charge in [0.25, 0.3) is 5.91 Å². The minimum absolute atomic E-state index is 0.0183. The van der Waals surface area contributed by atoms with Crippen molar-refractivity contribution in [2.45, 2.75) is 26.2 Å². The fraction of sp³-hybridized carbons (Fsp3) is 0.286. The molecule has 0 spiro atoms. The van der Waals surface area contributed by atoms with Crippen LogP contribution in [0.15, 0.2) is 36.4 Å². The first-order valence-corrected chi connectivity index (χ1v) is 10.1. The van der Waals surface area contributed by atoms with E-state index in [1.165, 1.54) is 26.4 Å². The number of nitro benzene ring substituents is 1. The minimum Gasteiger partial charge on any atom is -0.494 e. The van der Waals surface area contributed by atoms with Gasteiger partial charge in [-0.25, -0.2) is 0 Å². The summed E-state index contributed by atoms with van der Waals surface area (Å²) in [5.74, 6) is -0.275. The molecule has 0 aliphatic carbocycles. The van der Waals surface area contributed by atoms with Gasteiger partial charge >= 0.3 is 5.69 Å². The Bertz CT molecular complexity index is 1030. The molecule has 0 atom stereocenters. The zero-order valence-electron chi connectivity index (χ0n) is 17.9. The van der Waals surface area contributed by atoms with Gasteiger partial charge in [-0.3, -0.25) is 25.0 Å². The van der Waals surface area contributed by atoms with Gasteiger partial charge in [0.1, 0.15) is 5.75 Å². The predicted molar refractivity (Wildman–Crippen MR) is 124 cm³/mol. The Hall–Kier alpha value is -3.73. The monoisotopic (exact) mass is 460 g/mol. The summed E-state index contributed by atoms with van der Waals surface area (Å²) in [6.07, 6.45) is 2.12. The van der Waals surface area contributed by atoms with Crippen molar-refractivity contribution in [1.29, 1.82) is 0 Å².